The van der Waals surface area contributed by atoms with Crippen molar-refractivity contribution >= 4 is 34.8 Å². The molecule has 9 heteroatoms. The topological polar surface area (TPSA) is 41.6 Å². The Morgan fingerprint density at radius 1 is 1.29 bits per heavy atom. The van der Waals surface area contributed by atoms with Crippen molar-refractivity contribution in [2.24, 2.45) is 0 Å². The van der Waals surface area contributed by atoms with Crippen molar-refractivity contribution < 1.29 is 22.7 Å². The Morgan fingerprint density at radius 2 is 2.00 bits per heavy atom. The van der Waals surface area contributed by atoms with Gasteiger partial charge in [-0.05, 0) is 31.2 Å². The molecule has 136 valence electrons. The molecule has 0 saturated carbocycles. The summed E-state index contributed by atoms with van der Waals surface area (Å²) in [5, 5.41) is 3.41. The van der Waals surface area contributed by atoms with Gasteiger partial charge in [-0.15, -0.1) is 0 Å². The lowest BCUT2D eigenvalue weighted by Gasteiger charge is -2.21. The molecule has 0 fully saturated rings. The first kappa shape index (κ1) is 21.0. The molecule has 0 aromatic heterocycles. The summed E-state index contributed by atoms with van der Waals surface area (Å²) >= 11 is 11.8. The van der Waals surface area contributed by atoms with Gasteiger partial charge >= 0.3 is 6.18 Å². The summed E-state index contributed by atoms with van der Waals surface area (Å²) < 4.78 is 40.6. The van der Waals surface area contributed by atoms with E-state index in [0.29, 0.717) is 22.3 Å². The third kappa shape index (κ3) is 8.73. The van der Waals surface area contributed by atoms with E-state index in [1.54, 1.807) is 17.0 Å². The molecule has 0 unspecified atom stereocenters. The first-order valence-corrected chi connectivity index (χ1v) is 8.08. The van der Waals surface area contributed by atoms with Gasteiger partial charge in [-0.1, -0.05) is 30.1 Å². The monoisotopic (exact) mass is 386 g/mol. The van der Waals surface area contributed by atoms with Crippen LogP contribution in [0.4, 0.5) is 18.9 Å². The van der Waals surface area contributed by atoms with Gasteiger partial charge in [-0.3, -0.25) is 9.69 Å². The summed E-state index contributed by atoms with van der Waals surface area (Å²) in [5.74, 6) is -0.316. The maximum absolute atomic E-state index is 12.1. The van der Waals surface area contributed by atoms with Crippen molar-refractivity contribution in [1.29, 1.82) is 0 Å². The Hall–Kier alpha value is -1.02. The van der Waals surface area contributed by atoms with Crippen LogP contribution in [0.25, 0.3) is 0 Å². The summed E-state index contributed by atoms with van der Waals surface area (Å²) in [6, 6.07) is 4.69. The molecule has 1 rings (SSSR count). The molecule has 1 aromatic carbocycles. The van der Waals surface area contributed by atoms with Crippen molar-refractivity contribution in [3.63, 3.8) is 0 Å². The molecule has 0 atom stereocenters. The van der Waals surface area contributed by atoms with E-state index in [0.717, 1.165) is 6.42 Å². The number of rotatable bonds is 9. The van der Waals surface area contributed by atoms with Gasteiger partial charge < -0.3 is 10.1 Å². The Balaban J connectivity index is 2.47. The lowest BCUT2D eigenvalue weighted by atomic mass is 10.3. The predicted molar refractivity (Wildman–Crippen MR) is 88.7 cm³/mol. The number of halogens is 5. The first-order chi connectivity index (χ1) is 11.2. The van der Waals surface area contributed by atoms with Crippen LogP contribution in [0, 0.1) is 0 Å². The van der Waals surface area contributed by atoms with E-state index in [9.17, 15) is 18.0 Å². The minimum Gasteiger partial charge on any atom is -0.371 e. The summed E-state index contributed by atoms with van der Waals surface area (Å²) in [6.07, 6.45) is -3.59. The lowest BCUT2D eigenvalue weighted by molar-refractivity contribution is -0.174. The van der Waals surface area contributed by atoms with Crippen LogP contribution in [0.3, 0.4) is 0 Å². The van der Waals surface area contributed by atoms with Crippen molar-refractivity contribution in [3.8, 4) is 0 Å². The second-order valence-electron chi connectivity index (χ2n) is 5.12. The van der Waals surface area contributed by atoms with Crippen LogP contribution in [-0.4, -0.2) is 49.8 Å². The van der Waals surface area contributed by atoms with Crippen molar-refractivity contribution in [1.82, 2.24) is 4.90 Å². The van der Waals surface area contributed by atoms with Crippen LogP contribution in [-0.2, 0) is 9.53 Å². The fourth-order valence-corrected chi connectivity index (χ4v) is 2.41. The minimum absolute atomic E-state index is 0.0299. The zero-order chi connectivity index (χ0) is 18.2. The summed E-state index contributed by atoms with van der Waals surface area (Å²) in [6.45, 7) is 1.34. The van der Waals surface area contributed by atoms with E-state index >= 15 is 0 Å². The molecule has 0 bridgehead atoms. The highest BCUT2D eigenvalue weighted by Crippen LogP contribution is 2.25. The molecule has 0 saturated heterocycles. The number of amides is 1. The second-order valence-corrected chi connectivity index (χ2v) is 5.96. The Kier molecular flexibility index (Phi) is 8.83. The molecule has 1 aromatic rings. The summed E-state index contributed by atoms with van der Waals surface area (Å²) in [5.41, 5.74) is 0.427. The maximum Gasteiger partial charge on any atom is 0.411 e. The summed E-state index contributed by atoms with van der Waals surface area (Å²) in [4.78, 5) is 13.8. The quantitative estimate of drug-likeness (QED) is 0.645. The van der Waals surface area contributed by atoms with Gasteiger partial charge in [0, 0.05) is 11.6 Å². The number of nitrogens with zero attached hydrogens (tertiary/aromatic N) is 1. The normalized spacial score (nSPS) is 11.8. The molecular formula is C15H19Cl2F3N2O2. The van der Waals surface area contributed by atoms with E-state index in [2.05, 4.69) is 10.1 Å². The average Bonchev–Trinajstić information content (AvgIpc) is 2.45. The van der Waals surface area contributed by atoms with E-state index in [1.165, 1.54) is 6.07 Å². The molecule has 0 spiro atoms. The number of alkyl halides is 3. The van der Waals surface area contributed by atoms with Gasteiger partial charge in [-0.2, -0.15) is 13.2 Å². The Morgan fingerprint density at radius 3 is 2.58 bits per heavy atom. The molecular weight excluding hydrogens is 368 g/mol. The standard InChI is InChI=1S/C15H19Cl2F3N2O2/c1-2-5-22(6-7-24-10-15(18,19)20)9-14(23)21-13-4-3-11(16)8-12(13)17/h3-4,8H,2,5-7,9-10H2,1H3,(H,21,23). The van der Waals surface area contributed by atoms with Crippen LogP contribution < -0.4 is 5.32 Å². The zero-order valence-corrected chi connectivity index (χ0v) is 14.6. The average molecular weight is 387 g/mol. The number of ether oxygens (including phenoxy) is 1. The van der Waals surface area contributed by atoms with E-state index in [-0.39, 0.29) is 25.6 Å². The van der Waals surface area contributed by atoms with Crippen LogP contribution in [0.2, 0.25) is 10.0 Å². The minimum atomic E-state index is -4.35. The molecule has 0 aliphatic rings. The third-order valence-electron chi connectivity index (χ3n) is 2.93. The highest BCUT2D eigenvalue weighted by Gasteiger charge is 2.27. The van der Waals surface area contributed by atoms with E-state index < -0.39 is 12.8 Å². The van der Waals surface area contributed by atoms with Gasteiger partial charge in [0.15, 0.2) is 0 Å². The number of carbonyl (C=O) groups excluding carboxylic acids is 1. The van der Waals surface area contributed by atoms with Gasteiger partial charge in [0.1, 0.15) is 6.61 Å². The number of hydrogen-bond acceptors (Lipinski definition) is 3. The van der Waals surface area contributed by atoms with Crippen molar-refractivity contribution in [2.75, 3.05) is 38.2 Å². The van der Waals surface area contributed by atoms with Crippen molar-refractivity contribution in [2.45, 2.75) is 19.5 Å². The number of benzene rings is 1. The van der Waals surface area contributed by atoms with Gasteiger partial charge in [0.25, 0.3) is 0 Å². The maximum atomic E-state index is 12.1. The largest absolute Gasteiger partial charge is 0.411 e. The Labute approximate surface area is 148 Å². The second kappa shape index (κ2) is 10.1. The fraction of sp³-hybridized carbons (Fsp3) is 0.533. The van der Waals surface area contributed by atoms with Gasteiger partial charge in [0.05, 0.1) is 23.9 Å². The SMILES string of the molecule is CCCN(CCOCC(F)(F)F)CC(=O)Nc1ccc(Cl)cc1Cl. The zero-order valence-electron chi connectivity index (χ0n) is 13.1. The first-order valence-electron chi connectivity index (χ1n) is 7.33. The predicted octanol–water partition coefficient (Wildman–Crippen LogP) is 4.22. The Bertz CT molecular complexity index is 542. The van der Waals surface area contributed by atoms with Crippen LogP contribution in [0.15, 0.2) is 18.2 Å². The molecule has 0 aliphatic carbocycles. The van der Waals surface area contributed by atoms with Gasteiger partial charge in [-0.25, -0.2) is 0 Å². The molecule has 4 nitrogen and oxygen atoms in total. The molecule has 0 aliphatic heterocycles. The lowest BCUT2D eigenvalue weighted by Crippen LogP contribution is -2.36. The smallest absolute Gasteiger partial charge is 0.371 e. The van der Waals surface area contributed by atoms with E-state index in [4.69, 9.17) is 23.2 Å². The van der Waals surface area contributed by atoms with Crippen LogP contribution >= 0.6 is 23.2 Å². The highest BCUT2D eigenvalue weighted by atomic mass is 35.5. The fourth-order valence-electron chi connectivity index (χ4n) is 1.95. The number of nitrogens with one attached hydrogen (secondary N) is 1. The van der Waals surface area contributed by atoms with Gasteiger partial charge in [0.2, 0.25) is 5.91 Å². The van der Waals surface area contributed by atoms with E-state index in [1.807, 2.05) is 6.92 Å². The molecule has 0 radical (unpaired) electrons. The third-order valence-corrected chi connectivity index (χ3v) is 3.48. The highest BCUT2D eigenvalue weighted by molar-refractivity contribution is 6.36. The van der Waals surface area contributed by atoms with Crippen LogP contribution in [0.5, 0.6) is 0 Å². The number of carbonyl (C=O) groups is 1. The molecule has 1 N–H and O–H groups in total. The van der Waals surface area contributed by atoms with Crippen LogP contribution in [0.1, 0.15) is 13.3 Å². The summed E-state index contributed by atoms with van der Waals surface area (Å²) in [7, 11) is 0. The number of anilines is 1. The molecule has 0 heterocycles. The number of hydrogen-bond donors (Lipinski definition) is 1. The molecule has 24 heavy (non-hydrogen) atoms. The van der Waals surface area contributed by atoms with Crippen molar-refractivity contribution in [3.05, 3.63) is 28.2 Å². The molecule has 1 amide bonds.